The van der Waals surface area contributed by atoms with Crippen LogP contribution in [0.5, 0.6) is 0 Å². The van der Waals surface area contributed by atoms with Gasteiger partial charge in [0.25, 0.3) is 6.92 Å². The smallest absolute Gasteiger partial charge is 0.323 e. The summed E-state index contributed by atoms with van der Waals surface area (Å²) in [4.78, 5) is 13.9. The van der Waals surface area contributed by atoms with E-state index in [2.05, 4.69) is 11.9 Å². The van der Waals surface area contributed by atoms with E-state index in [4.69, 9.17) is 5.73 Å². The van der Waals surface area contributed by atoms with Crippen LogP contribution >= 0.6 is 0 Å². The van der Waals surface area contributed by atoms with Gasteiger partial charge in [-0.3, -0.25) is 4.79 Å². The molecular formula is C17H35BN2O3. The molecule has 0 aromatic heterocycles. The maximum absolute atomic E-state index is 11.5. The lowest BCUT2D eigenvalue weighted by molar-refractivity contribution is -0.144. The highest BCUT2D eigenvalue weighted by atomic mass is 16.4. The van der Waals surface area contributed by atoms with Crippen LogP contribution in [0.2, 0.25) is 13.1 Å². The van der Waals surface area contributed by atoms with Gasteiger partial charge in [0.15, 0.2) is 0 Å². The topological polar surface area (TPSA) is 86.8 Å². The third-order valence-electron chi connectivity index (χ3n) is 5.25. The van der Waals surface area contributed by atoms with E-state index >= 15 is 0 Å². The van der Waals surface area contributed by atoms with Gasteiger partial charge in [-0.25, -0.2) is 0 Å². The summed E-state index contributed by atoms with van der Waals surface area (Å²) in [5, 5.41) is 18.7. The van der Waals surface area contributed by atoms with E-state index in [1.165, 1.54) is 32.1 Å². The molecule has 1 unspecified atom stereocenters. The standard InChI is InChI=1S/C17H35BN2O3/c1-18(23)13-7-6-11-17(19,16(21)22)12-8-14-20(2)15-9-4-3-5-10-15/h15,23H,3-14,19H2,1-2H3,(H,21,22). The van der Waals surface area contributed by atoms with Gasteiger partial charge in [0, 0.05) is 6.04 Å². The zero-order valence-corrected chi connectivity index (χ0v) is 15.0. The largest absolute Gasteiger partial charge is 0.480 e. The molecule has 0 spiro atoms. The monoisotopic (exact) mass is 326 g/mol. The molecule has 1 saturated carbocycles. The fourth-order valence-electron chi connectivity index (χ4n) is 3.57. The Kier molecular flexibility index (Phi) is 9.18. The molecule has 0 aliphatic heterocycles. The van der Waals surface area contributed by atoms with E-state index in [0.717, 1.165) is 25.8 Å². The van der Waals surface area contributed by atoms with Crippen molar-refractivity contribution in [3.05, 3.63) is 0 Å². The molecule has 0 heterocycles. The second-order valence-corrected chi connectivity index (χ2v) is 7.43. The maximum Gasteiger partial charge on any atom is 0.323 e. The Balaban J connectivity index is 2.32. The van der Waals surface area contributed by atoms with Crippen molar-refractivity contribution in [1.82, 2.24) is 4.90 Å². The first-order valence-corrected chi connectivity index (χ1v) is 9.26. The van der Waals surface area contributed by atoms with E-state index in [-0.39, 0.29) is 6.92 Å². The van der Waals surface area contributed by atoms with Crippen molar-refractivity contribution in [1.29, 1.82) is 0 Å². The summed E-state index contributed by atoms with van der Waals surface area (Å²) < 4.78 is 0. The third kappa shape index (κ3) is 7.68. The normalized spacial score (nSPS) is 18.8. The van der Waals surface area contributed by atoms with Crippen LogP contribution in [0.1, 0.15) is 64.2 Å². The molecule has 134 valence electrons. The Morgan fingerprint density at radius 3 is 2.39 bits per heavy atom. The van der Waals surface area contributed by atoms with Crippen LogP contribution in [0.4, 0.5) is 0 Å². The highest BCUT2D eigenvalue weighted by molar-refractivity contribution is 6.48. The summed E-state index contributed by atoms with van der Waals surface area (Å²) in [5.41, 5.74) is 5.02. The van der Waals surface area contributed by atoms with Gasteiger partial charge in [-0.05, 0) is 52.0 Å². The lowest BCUT2D eigenvalue weighted by Crippen LogP contribution is -2.48. The molecule has 0 bridgehead atoms. The molecule has 0 aromatic rings. The second kappa shape index (κ2) is 10.3. The molecule has 0 aromatic carbocycles. The van der Waals surface area contributed by atoms with Gasteiger partial charge in [0.1, 0.15) is 5.54 Å². The van der Waals surface area contributed by atoms with E-state index in [1.807, 2.05) is 0 Å². The van der Waals surface area contributed by atoms with Gasteiger partial charge in [-0.1, -0.05) is 38.9 Å². The number of hydrogen-bond acceptors (Lipinski definition) is 4. The molecule has 1 rings (SSSR count). The van der Waals surface area contributed by atoms with Crippen molar-refractivity contribution in [3.8, 4) is 0 Å². The molecule has 0 amide bonds. The molecule has 0 saturated heterocycles. The number of nitrogens with zero attached hydrogens (tertiary/aromatic N) is 1. The van der Waals surface area contributed by atoms with Crippen molar-refractivity contribution < 1.29 is 14.9 Å². The van der Waals surface area contributed by atoms with Gasteiger partial charge in [-0.2, -0.15) is 0 Å². The summed E-state index contributed by atoms with van der Waals surface area (Å²) in [6.45, 7) is 2.36. The average Bonchev–Trinajstić information content (AvgIpc) is 2.52. The van der Waals surface area contributed by atoms with Gasteiger partial charge >= 0.3 is 5.97 Å². The number of rotatable bonds is 11. The van der Waals surface area contributed by atoms with Crippen molar-refractivity contribution >= 4 is 12.9 Å². The molecule has 6 heteroatoms. The van der Waals surface area contributed by atoms with E-state index < -0.39 is 11.5 Å². The van der Waals surface area contributed by atoms with Gasteiger partial charge in [-0.15, -0.1) is 0 Å². The lowest BCUT2D eigenvalue weighted by atomic mass is 9.66. The Morgan fingerprint density at radius 1 is 1.22 bits per heavy atom. The first kappa shape index (κ1) is 20.5. The van der Waals surface area contributed by atoms with Crippen LogP contribution in [-0.4, -0.2) is 53.1 Å². The van der Waals surface area contributed by atoms with Crippen molar-refractivity contribution in [2.75, 3.05) is 13.6 Å². The summed E-state index contributed by atoms with van der Waals surface area (Å²) in [7, 11) is 2.15. The molecule has 4 N–H and O–H groups in total. The van der Waals surface area contributed by atoms with Crippen LogP contribution in [0.25, 0.3) is 0 Å². The Hall–Kier alpha value is -0.585. The van der Waals surface area contributed by atoms with E-state index in [9.17, 15) is 14.9 Å². The molecule has 0 radical (unpaired) electrons. The third-order valence-corrected chi connectivity index (χ3v) is 5.25. The van der Waals surface area contributed by atoms with Crippen LogP contribution < -0.4 is 5.73 Å². The van der Waals surface area contributed by atoms with Gasteiger partial charge in [0.2, 0.25) is 0 Å². The Bertz CT molecular complexity index is 349. The zero-order chi connectivity index (χ0) is 17.3. The number of unbranched alkanes of at least 4 members (excludes halogenated alkanes) is 1. The molecule has 5 nitrogen and oxygen atoms in total. The molecule has 1 aliphatic rings. The van der Waals surface area contributed by atoms with Crippen molar-refractivity contribution in [2.45, 2.75) is 88.9 Å². The van der Waals surface area contributed by atoms with Crippen LogP contribution in [0.3, 0.4) is 0 Å². The quantitative estimate of drug-likeness (QED) is 0.401. The maximum atomic E-state index is 11.5. The molecule has 1 fully saturated rings. The summed E-state index contributed by atoms with van der Waals surface area (Å²) in [6.07, 6.45) is 10.6. The highest BCUT2D eigenvalue weighted by Gasteiger charge is 2.33. The molecule has 1 aliphatic carbocycles. The predicted octanol–water partition coefficient (Wildman–Crippen LogP) is 2.60. The van der Waals surface area contributed by atoms with E-state index in [1.54, 1.807) is 6.82 Å². The lowest BCUT2D eigenvalue weighted by Gasteiger charge is -2.32. The number of nitrogens with two attached hydrogens (primary N) is 1. The summed E-state index contributed by atoms with van der Waals surface area (Å²) in [6, 6.07) is 0.659. The molecule has 23 heavy (non-hydrogen) atoms. The van der Waals surface area contributed by atoms with Crippen molar-refractivity contribution in [2.24, 2.45) is 5.73 Å². The SMILES string of the molecule is CB(O)CCCCC(N)(CCCN(C)C1CCCCC1)C(=O)O. The van der Waals surface area contributed by atoms with Crippen LogP contribution in [0, 0.1) is 0 Å². The average molecular weight is 326 g/mol. The van der Waals surface area contributed by atoms with E-state index in [0.29, 0.717) is 25.2 Å². The molecular weight excluding hydrogens is 291 g/mol. The zero-order valence-electron chi connectivity index (χ0n) is 15.0. The summed E-state index contributed by atoms with van der Waals surface area (Å²) in [5.74, 6) is -0.894. The minimum Gasteiger partial charge on any atom is -0.480 e. The fourth-order valence-corrected chi connectivity index (χ4v) is 3.57. The Morgan fingerprint density at radius 2 is 1.83 bits per heavy atom. The fraction of sp³-hybridized carbons (Fsp3) is 0.941. The van der Waals surface area contributed by atoms with Crippen LogP contribution in [-0.2, 0) is 4.79 Å². The molecule has 1 atom stereocenters. The minimum atomic E-state index is -1.12. The number of aliphatic carboxylic acids is 1. The van der Waals surface area contributed by atoms with Gasteiger partial charge < -0.3 is 20.8 Å². The number of carboxylic acids is 1. The number of carbonyl (C=O) groups is 1. The predicted molar refractivity (Wildman–Crippen MR) is 95.8 cm³/mol. The van der Waals surface area contributed by atoms with Crippen LogP contribution in [0.15, 0.2) is 0 Å². The first-order chi connectivity index (χ1) is 10.8. The number of hydrogen-bond donors (Lipinski definition) is 3. The first-order valence-electron chi connectivity index (χ1n) is 9.26. The summed E-state index contributed by atoms with van der Waals surface area (Å²) >= 11 is 0. The highest BCUT2D eigenvalue weighted by Crippen LogP contribution is 2.23. The minimum absolute atomic E-state index is 0.323. The van der Waals surface area contributed by atoms with Gasteiger partial charge in [0.05, 0.1) is 0 Å². The number of carboxylic acid groups (broad SMARTS) is 1. The Labute approximate surface area is 141 Å². The second-order valence-electron chi connectivity index (χ2n) is 7.43. The van der Waals surface area contributed by atoms with Crippen molar-refractivity contribution in [3.63, 3.8) is 0 Å².